The van der Waals surface area contributed by atoms with Crippen LogP contribution in [0.4, 0.5) is 0 Å². The van der Waals surface area contributed by atoms with Crippen molar-refractivity contribution in [3.05, 3.63) is 34.9 Å². The van der Waals surface area contributed by atoms with Gasteiger partial charge >= 0.3 is 0 Å². The molecule has 0 bridgehead atoms. The van der Waals surface area contributed by atoms with Crippen LogP contribution in [0.25, 0.3) is 0 Å². The highest BCUT2D eigenvalue weighted by Crippen LogP contribution is 2.10. The Morgan fingerprint density at radius 3 is 2.87 bits per heavy atom. The number of amides is 1. The number of carbonyl (C=O) groups is 1. The van der Waals surface area contributed by atoms with Crippen LogP contribution < -0.4 is 5.32 Å². The lowest BCUT2D eigenvalue weighted by atomic mass is 10.2. The van der Waals surface area contributed by atoms with Crippen molar-refractivity contribution >= 4 is 17.5 Å². The Morgan fingerprint density at radius 1 is 1.40 bits per heavy atom. The minimum Gasteiger partial charge on any atom is -0.352 e. The van der Waals surface area contributed by atoms with Crippen LogP contribution in [-0.2, 0) is 0 Å². The number of rotatable bonds is 5. The van der Waals surface area contributed by atoms with E-state index in [2.05, 4.69) is 12.2 Å². The van der Waals surface area contributed by atoms with Crippen LogP contribution in [-0.4, -0.2) is 12.5 Å². The molecule has 1 aromatic carbocycles. The summed E-state index contributed by atoms with van der Waals surface area (Å²) in [6.07, 6.45) is 3.34. The molecule has 1 amide bonds. The van der Waals surface area contributed by atoms with Gasteiger partial charge in [0, 0.05) is 17.1 Å². The molecule has 0 saturated carbocycles. The van der Waals surface area contributed by atoms with Gasteiger partial charge in [-0.25, -0.2) is 0 Å². The van der Waals surface area contributed by atoms with E-state index < -0.39 is 0 Å². The average Bonchev–Trinajstić information content (AvgIpc) is 2.24. The predicted octanol–water partition coefficient (Wildman–Crippen LogP) is 3.26. The maximum atomic E-state index is 11.6. The summed E-state index contributed by atoms with van der Waals surface area (Å²) in [5.74, 6) is -0.0476. The Labute approximate surface area is 95.6 Å². The largest absolute Gasteiger partial charge is 0.352 e. The third kappa shape index (κ3) is 4.34. The second-order valence-corrected chi connectivity index (χ2v) is 3.91. The number of nitrogens with one attached hydrogen (secondary N) is 1. The lowest BCUT2D eigenvalue weighted by Gasteiger charge is -2.04. The molecule has 3 heteroatoms. The standard InChI is InChI=1S/C12H16ClNO/c1-2-3-4-8-14-12(15)10-6-5-7-11(13)9-10/h5-7,9H,2-4,8H2,1H3,(H,14,15). The Morgan fingerprint density at radius 2 is 2.20 bits per heavy atom. The zero-order valence-corrected chi connectivity index (χ0v) is 9.68. The van der Waals surface area contributed by atoms with Gasteiger partial charge in [0.15, 0.2) is 0 Å². The Balaban J connectivity index is 2.40. The molecule has 0 saturated heterocycles. The van der Waals surface area contributed by atoms with Crippen LogP contribution in [0, 0.1) is 0 Å². The Kier molecular flexibility index (Phi) is 5.19. The lowest BCUT2D eigenvalue weighted by Crippen LogP contribution is -2.24. The van der Waals surface area contributed by atoms with E-state index >= 15 is 0 Å². The molecule has 1 N–H and O–H groups in total. The summed E-state index contributed by atoms with van der Waals surface area (Å²) in [5.41, 5.74) is 0.624. The molecule has 0 heterocycles. The molecule has 1 rings (SSSR count). The summed E-state index contributed by atoms with van der Waals surface area (Å²) in [7, 11) is 0. The smallest absolute Gasteiger partial charge is 0.251 e. The molecule has 0 radical (unpaired) electrons. The summed E-state index contributed by atoms with van der Waals surface area (Å²) >= 11 is 5.79. The Hall–Kier alpha value is -1.02. The topological polar surface area (TPSA) is 29.1 Å². The maximum absolute atomic E-state index is 11.6. The quantitative estimate of drug-likeness (QED) is 0.766. The van der Waals surface area contributed by atoms with Crippen LogP contribution >= 0.6 is 11.6 Å². The first-order chi connectivity index (χ1) is 7.24. The van der Waals surface area contributed by atoms with E-state index in [4.69, 9.17) is 11.6 Å². The molecule has 0 aliphatic heterocycles. The minimum absolute atomic E-state index is 0.0476. The van der Waals surface area contributed by atoms with Gasteiger partial charge in [0.05, 0.1) is 0 Å². The number of hydrogen-bond acceptors (Lipinski definition) is 1. The first-order valence-electron chi connectivity index (χ1n) is 5.28. The summed E-state index contributed by atoms with van der Waals surface area (Å²) in [6.45, 7) is 2.87. The van der Waals surface area contributed by atoms with Crippen molar-refractivity contribution in [2.45, 2.75) is 26.2 Å². The van der Waals surface area contributed by atoms with E-state index in [0.717, 1.165) is 25.8 Å². The molecule has 2 nitrogen and oxygen atoms in total. The zero-order chi connectivity index (χ0) is 11.1. The van der Waals surface area contributed by atoms with E-state index in [1.54, 1.807) is 24.3 Å². The molecule has 1 aromatic rings. The number of carbonyl (C=O) groups excluding carboxylic acids is 1. The van der Waals surface area contributed by atoms with Crippen LogP contribution in [0.2, 0.25) is 5.02 Å². The van der Waals surface area contributed by atoms with E-state index in [9.17, 15) is 4.79 Å². The number of unbranched alkanes of at least 4 members (excludes halogenated alkanes) is 2. The first kappa shape index (κ1) is 12.1. The van der Waals surface area contributed by atoms with Gasteiger partial charge < -0.3 is 5.32 Å². The van der Waals surface area contributed by atoms with Crippen molar-refractivity contribution in [1.82, 2.24) is 5.32 Å². The van der Waals surface area contributed by atoms with Crippen molar-refractivity contribution in [3.8, 4) is 0 Å². The van der Waals surface area contributed by atoms with Crippen molar-refractivity contribution in [2.24, 2.45) is 0 Å². The van der Waals surface area contributed by atoms with Gasteiger partial charge in [-0.1, -0.05) is 37.4 Å². The number of benzene rings is 1. The fraction of sp³-hybridized carbons (Fsp3) is 0.417. The van der Waals surface area contributed by atoms with Crippen LogP contribution in [0.1, 0.15) is 36.5 Å². The summed E-state index contributed by atoms with van der Waals surface area (Å²) < 4.78 is 0. The summed E-state index contributed by atoms with van der Waals surface area (Å²) in [5, 5.41) is 3.46. The van der Waals surface area contributed by atoms with Gasteiger partial charge in [-0.05, 0) is 24.6 Å². The van der Waals surface area contributed by atoms with Crippen molar-refractivity contribution in [3.63, 3.8) is 0 Å². The molecule has 0 unspecified atom stereocenters. The second-order valence-electron chi connectivity index (χ2n) is 3.47. The predicted molar refractivity (Wildman–Crippen MR) is 63.3 cm³/mol. The lowest BCUT2D eigenvalue weighted by molar-refractivity contribution is 0.0953. The highest BCUT2D eigenvalue weighted by molar-refractivity contribution is 6.30. The normalized spacial score (nSPS) is 10.0. The Bertz CT molecular complexity index is 325. The molecule has 0 fully saturated rings. The van der Waals surface area contributed by atoms with Crippen LogP contribution in [0.5, 0.6) is 0 Å². The minimum atomic E-state index is -0.0476. The average molecular weight is 226 g/mol. The highest BCUT2D eigenvalue weighted by Gasteiger charge is 2.03. The molecule has 0 aromatic heterocycles. The fourth-order valence-electron chi connectivity index (χ4n) is 1.31. The third-order valence-electron chi connectivity index (χ3n) is 2.15. The van der Waals surface area contributed by atoms with Gasteiger partial charge in [0.1, 0.15) is 0 Å². The van der Waals surface area contributed by atoms with E-state index in [1.165, 1.54) is 0 Å². The molecule has 15 heavy (non-hydrogen) atoms. The zero-order valence-electron chi connectivity index (χ0n) is 8.92. The van der Waals surface area contributed by atoms with E-state index in [0.29, 0.717) is 10.6 Å². The van der Waals surface area contributed by atoms with Gasteiger partial charge in [-0.2, -0.15) is 0 Å². The molecular weight excluding hydrogens is 210 g/mol. The van der Waals surface area contributed by atoms with Gasteiger partial charge in [0.25, 0.3) is 5.91 Å². The van der Waals surface area contributed by atoms with Gasteiger partial charge in [-0.3, -0.25) is 4.79 Å². The summed E-state index contributed by atoms with van der Waals surface area (Å²) in [6, 6.07) is 6.98. The van der Waals surface area contributed by atoms with Crippen LogP contribution in [0.15, 0.2) is 24.3 Å². The second kappa shape index (κ2) is 6.46. The van der Waals surface area contributed by atoms with E-state index in [1.807, 2.05) is 0 Å². The number of hydrogen-bond donors (Lipinski definition) is 1. The molecular formula is C12H16ClNO. The molecule has 82 valence electrons. The van der Waals surface area contributed by atoms with Gasteiger partial charge in [0.2, 0.25) is 0 Å². The van der Waals surface area contributed by atoms with Crippen molar-refractivity contribution in [1.29, 1.82) is 0 Å². The molecule has 0 atom stereocenters. The van der Waals surface area contributed by atoms with E-state index in [-0.39, 0.29) is 5.91 Å². The monoisotopic (exact) mass is 225 g/mol. The molecule has 0 aliphatic carbocycles. The molecule has 0 spiro atoms. The number of halogens is 1. The molecule has 0 aliphatic rings. The SMILES string of the molecule is CCCCCNC(=O)c1cccc(Cl)c1. The van der Waals surface area contributed by atoms with Crippen molar-refractivity contribution < 1.29 is 4.79 Å². The fourth-order valence-corrected chi connectivity index (χ4v) is 1.50. The van der Waals surface area contributed by atoms with Crippen LogP contribution in [0.3, 0.4) is 0 Å². The van der Waals surface area contributed by atoms with Gasteiger partial charge in [-0.15, -0.1) is 0 Å². The van der Waals surface area contributed by atoms with Crippen molar-refractivity contribution in [2.75, 3.05) is 6.54 Å². The summed E-state index contributed by atoms with van der Waals surface area (Å²) in [4.78, 5) is 11.6. The highest BCUT2D eigenvalue weighted by atomic mass is 35.5. The first-order valence-corrected chi connectivity index (χ1v) is 5.65. The third-order valence-corrected chi connectivity index (χ3v) is 2.39. The maximum Gasteiger partial charge on any atom is 0.251 e.